The summed E-state index contributed by atoms with van der Waals surface area (Å²) in [6.07, 6.45) is 3.05. The Morgan fingerprint density at radius 2 is 1.95 bits per heavy atom. The van der Waals surface area contributed by atoms with Crippen molar-refractivity contribution in [2.75, 3.05) is 27.3 Å². The van der Waals surface area contributed by atoms with E-state index in [0.29, 0.717) is 64.6 Å². The number of hydrogen-bond acceptors (Lipinski definition) is 11. The fourth-order valence-corrected chi connectivity index (χ4v) is 6.76. The van der Waals surface area contributed by atoms with Gasteiger partial charge in [0.25, 0.3) is 5.19 Å². The predicted octanol–water partition coefficient (Wildman–Crippen LogP) is 6.60. The Labute approximate surface area is 232 Å². The second kappa shape index (κ2) is 10.5. The summed E-state index contributed by atoms with van der Waals surface area (Å²) in [4.78, 5) is 9.99. The normalized spacial score (nSPS) is 15.4. The number of fused-ring (bicyclic) bond motifs is 2. The molecule has 1 saturated heterocycles. The van der Waals surface area contributed by atoms with Crippen molar-refractivity contribution in [3.63, 3.8) is 0 Å². The number of furan rings is 1. The molecule has 1 fully saturated rings. The van der Waals surface area contributed by atoms with Crippen LogP contribution in [0.15, 0.2) is 34.2 Å². The van der Waals surface area contributed by atoms with Crippen LogP contribution in [0.1, 0.15) is 29.5 Å². The van der Waals surface area contributed by atoms with E-state index in [9.17, 15) is 13.2 Å². The van der Waals surface area contributed by atoms with E-state index in [2.05, 4.69) is 10.1 Å². The SMILES string of the molecule is COc1cc(OCc2csc(C3CCN(SC(F)(F)F)CC3)n2)c2cc(-c3cn4nc(OC)sc4n3)oc2c1. The van der Waals surface area contributed by atoms with Crippen LogP contribution < -0.4 is 14.2 Å². The molecule has 15 heteroatoms. The molecule has 5 aromatic rings. The minimum absolute atomic E-state index is 0.0416. The van der Waals surface area contributed by atoms with Gasteiger partial charge in [-0.2, -0.15) is 13.2 Å². The maximum Gasteiger partial charge on any atom is 0.456 e. The number of methoxy groups -OCH3 is 2. The van der Waals surface area contributed by atoms with Crippen molar-refractivity contribution >= 4 is 50.6 Å². The van der Waals surface area contributed by atoms with Gasteiger partial charge in [-0.05, 0) is 30.2 Å². The van der Waals surface area contributed by atoms with Crippen LogP contribution in [0.25, 0.3) is 27.4 Å². The Balaban J connectivity index is 1.16. The van der Waals surface area contributed by atoms with Gasteiger partial charge in [0.15, 0.2) is 5.76 Å². The molecule has 1 aliphatic heterocycles. The molecule has 1 aromatic carbocycles. The lowest BCUT2D eigenvalue weighted by atomic mass is 9.99. The Kier molecular flexibility index (Phi) is 7.07. The molecule has 0 amide bonds. The van der Waals surface area contributed by atoms with Gasteiger partial charge in [-0.1, -0.05) is 0 Å². The summed E-state index contributed by atoms with van der Waals surface area (Å²) in [7, 11) is 3.13. The van der Waals surface area contributed by atoms with Crippen LogP contribution in [0.4, 0.5) is 13.2 Å². The highest BCUT2D eigenvalue weighted by Crippen LogP contribution is 2.40. The van der Waals surface area contributed by atoms with E-state index in [1.54, 1.807) is 37.1 Å². The smallest absolute Gasteiger partial charge is 0.456 e. The maximum absolute atomic E-state index is 12.7. The lowest BCUT2D eigenvalue weighted by Gasteiger charge is -2.30. The third-order valence-electron chi connectivity index (χ3n) is 6.24. The zero-order valence-corrected chi connectivity index (χ0v) is 23.2. The van der Waals surface area contributed by atoms with Crippen LogP contribution in [0.5, 0.6) is 16.7 Å². The molecule has 0 N–H and O–H groups in total. The summed E-state index contributed by atoms with van der Waals surface area (Å²) >= 11 is 2.80. The predicted molar refractivity (Wildman–Crippen MR) is 143 cm³/mol. The van der Waals surface area contributed by atoms with E-state index >= 15 is 0 Å². The van der Waals surface area contributed by atoms with Gasteiger partial charge in [-0.3, -0.25) is 0 Å². The first kappa shape index (κ1) is 26.2. The van der Waals surface area contributed by atoms with Gasteiger partial charge in [-0.15, -0.1) is 16.4 Å². The zero-order chi connectivity index (χ0) is 27.1. The lowest BCUT2D eigenvalue weighted by Crippen LogP contribution is -2.30. The van der Waals surface area contributed by atoms with Gasteiger partial charge >= 0.3 is 5.51 Å². The number of piperidine rings is 1. The highest BCUT2D eigenvalue weighted by molar-refractivity contribution is 7.97. The molecule has 0 saturated carbocycles. The van der Waals surface area contributed by atoms with Crippen molar-refractivity contribution in [1.82, 2.24) is 23.9 Å². The fraction of sp³-hybridized carbons (Fsp3) is 0.375. The molecule has 0 bridgehead atoms. The summed E-state index contributed by atoms with van der Waals surface area (Å²) in [6.45, 7) is 0.984. The van der Waals surface area contributed by atoms with Crippen molar-refractivity contribution in [3.05, 3.63) is 40.5 Å². The van der Waals surface area contributed by atoms with Crippen LogP contribution in [0.3, 0.4) is 0 Å². The van der Waals surface area contributed by atoms with E-state index in [1.165, 1.54) is 27.0 Å². The second-order valence-corrected chi connectivity index (χ2v) is 11.7. The summed E-state index contributed by atoms with van der Waals surface area (Å²) in [5.41, 5.74) is -2.28. The van der Waals surface area contributed by atoms with Crippen molar-refractivity contribution < 1.29 is 31.8 Å². The molecule has 39 heavy (non-hydrogen) atoms. The van der Waals surface area contributed by atoms with E-state index < -0.39 is 5.51 Å². The number of thiazole rings is 1. The molecular formula is C24H22F3N5O4S3. The molecule has 0 unspecified atom stereocenters. The van der Waals surface area contributed by atoms with Crippen LogP contribution >= 0.6 is 34.6 Å². The summed E-state index contributed by atoms with van der Waals surface area (Å²) in [5, 5.41) is 8.44. The second-order valence-electron chi connectivity index (χ2n) is 8.78. The number of benzene rings is 1. The molecule has 9 nitrogen and oxygen atoms in total. The van der Waals surface area contributed by atoms with E-state index in [4.69, 9.17) is 23.6 Å². The number of nitrogens with zero attached hydrogens (tertiary/aromatic N) is 5. The zero-order valence-electron chi connectivity index (χ0n) is 20.7. The van der Waals surface area contributed by atoms with Crippen LogP contribution in [-0.2, 0) is 6.61 Å². The topological polar surface area (TPSA) is 87.2 Å². The molecule has 206 valence electrons. The Hall–Kier alpha value is -3.01. The van der Waals surface area contributed by atoms with Gasteiger partial charge < -0.3 is 18.6 Å². The molecular weight excluding hydrogens is 575 g/mol. The minimum Gasteiger partial charge on any atom is -0.496 e. The highest BCUT2D eigenvalue weighted by Gasteiger charge is 2.35. The van der Waals surface area contributed by atoms with Crippen LogP contribution in [0.2, 0.25) is 0 Å². The monoisotopic (exact) mass is 597 g/mol. The fourth-order valence-electron chi connectivity index (χ4n) is 4.40. The molecule has 0 spiro atoms. The first-order valence-corrected chi connectivity index (χ1v) is 14.3. The first-order chi connectivity index (χ1) is 18.8. The molecule has 0 radical (unpaired) electrons. The molecule has 4 aromatic heterocycles. The van der Waals surface area contributed by atoms with Gasteiger partial charge in [0.2, 0.25) is 4.96 Å². The third-order valence-corrected chi connectivity index (χ3v) is 9.01. The first-order valence-electron chi connectivity index (χ1n) is 11.9. The summed E-state index contributed by atoms with van der Waals surface area (Å²) in [5.74, 6) is 1.86. The van der Waals surface area contributed by atoms with Crippen LogP contribution in [0, 0.1) is 0 Å². The number of imidazole rings is 1. The number of alkyl halides is 3. The molecule has 0 aliphatic carbocycles. The van der Waals surface area contributed by atoms with E-state index in [1.807, 2.05) is 11.4 Å². The quantitative estimate of drug-likeness (QED) is 0.184. The lowest BCUT2D eigenvalue weighted by molar-refractivity contribution is -0.0366. The minimum atomic E-state index is -4.25. The summed E-state index contributed by atoms with van der Waals surface area (Å²) < 4.78 is 63.8. The standard InChI is InChI=1S/C24H22F3N5O4S3/c1-33-15-7-18(16-9-20(36-19(16)8-15)17-10-32-22(29-17)38-23(30-32)34-2)35-11-14-12-37-21(28-14)13-3-5-31(6-4-13)39-24(25,26)27/h7-10,12-13H,3-6,11H2,1-2H3. The Bertz CT molecular complexity index is 1570. The van der Waals surface area contributed by atoms with E-state index in [0.717, 1.165) is 16.1 Å². The van der Waals surface area contributed by atoms with E-state index in [-0.39, 0.29) is 24.5 Å². The molecule has 1 aliphatic rings. The van der Waals surface area contributed by atoms with Crippen molar-refractivity contribution in [3.8, 4) is 28.1 Å². The van der Waals surface area contributed by atoms with Crippen molar-refractivity contribution in [2.24, 2.45) is 0 Å². The van der Waals surface area contributed by atoms with Crippen LogP contribution in [-0.4, -0.2) is 56.7 Å². The average Bonchev–Trinajstić information content (AvgIpc) is 3.69. The molecule has 5 heterocycles. The van der Waals surface area contributed by atoms with Crippen molar-refractivity contribution in [2.45, 2.75) is 30.9 Å². The van der Waals surface area contributed by atoms with Gasteiger partial charge in [0.1, 0.15) is 29.4 Å². The average molecular weight is 598 g/mol. The Morgan fingerprint density at radius 3 is 2.67 bits per heavy atom. The molecule has 0 atom stereocenters. The number of rotatable bonds is 8. The van der Waals surface area contributed by atoms with Gasteiger partial charge in [-0.25, -0.2) is 18.8 Å². The van der Waals surface area contributed by atoms with Gasteiger partial charge in [0, 0.05) is 48.5 Å². The number of ether oxygens (including phenoxy) is 3. The van der Waals surface area contributed by atoms with Crippen molar-refractivity contribution in [1.29, 1.82) is 0 Å². The summed E-state index contributed by atoms with van der Waals surface area (Å²) in [6, 6.07) is 5.45. The number of halogens is 3. The number of aromatic nitrogens is 4. The maximum atomic E-state index is 12.7. The Morgan fingerprint density at radius 1 is 1.13 bits per heavy atom. The van der Waals surface area contributed by atoms with Gasteiger partial charge in [0.05, 0.1) is 36.5 Å². The number of hydrogen-bond donors (Lipinski definition) is 0. The third kappa shape index (κ3) is 5.66. The molecule has 6 rings (SSSR count). The highest BCUT2D eigenvalue weighted by atomic mass is 32.2. The largest absolute Gasteiger partial charge is 0.496 e.